The molecule has 0 atom stereocenters. The summed E-state index contributed by atoms with van der Waals surface area (Å²) in [7, 11) is -3.87. The molecule has 28 heavy (non-hydrogen) atoms. The van der Waals surface area contributed by atoms with Crippen LogP contribution in [0.25, 0.3) is 0 Å². The van der Waals surface area contributed by atoms with Gasteiger partial charge in [-0.2, -0.15) is 0 Å². The van der Waals surface area contributed by atoms with Crippen molar-refractivity contribution < 1.29 is 22.7 Å². The van der Waals surface area contributed by atoms with E-state index in [1.165, 1.54) is 36.0 Å². The second-order valence-electron chi connectivity index (χ2n) is 5.94. The van der Waals surface area contributed by atoms with Crippen LogP contribution >= 0.6 is 27.7 Å². The molecule has 0 bridgehead atoms. The van der Waals surface area contributed by atoms with Crippen LogP contribution in [-0.4, -0.2) is 32.7 Å². The van der Waals surface area contributed by atoms with Gasteiger partial charge in [-0.25, -0.2) is 13.6 Å². The molecule has 10 heteroatoms. The molecule has 0 aliphatic carbocycles. The van der Waals surface area contributed by atoms with Gasteiger partial charge in [-0.1, -0.05) is 22.0 Å². The van der Waals surface area contributed by atoms with Crippen molar-refractivity contribution in [2.24, 2.45) is 5.14 Å². The highest BCUT2D eigenvalue weighted by Crippen LogP contribution is 2.28. The van der Waals surface area contributed by atoms with Gasteiger partial charge in [0.15, 0.2) is 6.61 Å². The fourth-order valence-electron chi connectivity index (χ4n) is 2.18. The number of hydrogen-bond acceptors (Lipinski definition) is 6. The van der Waals surface area contributed by atoms with Crippen molar-refractivity contribution in [3.8, 4) is 0 Å². The van der Waals surface area contributed by atoms with Crippen molar-refractivity contribution >= 4 is 55.3 Å². The van der Waals surface area contributed by atoms with Crippen LogP contribution in [0.2, 0.25) is 0 Å². The van der Waals surface area contributed by atoms with Crippen molar-refractivity contribution in [2.45, 2.75) is 23.6 Å². The molecule has 1 amide bonds. The number of carbonyl (C=O) groups excluding carboxylic acids is 2. The van der Waals surface area contributed by atoms with E-state index < -0.39 is 28.5 Å². The van der Waals surface area contributed by atoms with Crippen molar-refractivity contribution in [1.29, 1.82) is 0 Å². The second kappa shape index (κ2) is 9.55. The number of esters is 1. The number of nitrogens with one attached hydrogen (secondary N) is 1. The van der Waals surface area contributed by atoms with Crippen LogP contribution in [0.1, 0.15) is 11.1 Å². The Morgan fingerprint density at radius 3 is 2.57 bits per heavy atom. The van der Waals surface area contributed by atoms with Gasteiger partial charge in [0.05, 0.1) is 10.6 Å². The fourth-order valence-corrected chi connectivity index (χ4v) is 4.10. The van der Waals surface area contributed by atoms with Crippen molar-refractivity contribution in [3.63, 3.8) is 0 Å². The molecule has 0 unspecified atom stereocenters. The molecule has 0 spiro atoms. The molecule has 0 aromatic heterocycles. The van der Waals surface area contributed by atoms with E-state index in [2.05, 4.69) is 21.2 Å². The Morgan fingerprint density at radius 2 is 1.89 bits per heavy atom. The number of carbonyl (C=O) groups is 2. The summed E-state index contributed by atoms with van der Waals surface area (Å²) in [5.41, 5.74) is 2.33. The van der Waals surface area contributed by atoms with Gasteiger partial charge < -0.3 is 10.1 Å². The molecule has 0 fully saturated rings. The molecule has 0 heterocycles. The Bertz CT molecular complexity index is 1010. The monoisotopic (exact) mass is 486 g/mol. The first-order chi connectivity index (χ1) is 13.1. The summed E-state index contributed by atoms with van der Waals surface area (Å²) in [5, 5.41) is 7.51. The lowest BCUT2D eigenvalue weighted by Gasteiger charge is -2.09. The largest absolute Gasteiger partial charge is 0.455 e. The lowest BCUT2D eigenvalue weighted by atomic mass is 10.2. The van der Waals surface area contributed by atoms with E-state index in [0.717, 1.165) is 20.5 Å². The zero-order chi connectivity index (χ0) is 20.9. The van der Waals surface area contributed by atoms with Crippen LogP contribution < -0.4 is 10.5 Å². The second-order valence-corrected chi connectivity index (χ2v) is 9.37. The molecular formula is C18H19BrN2O5S2. The van der Waals surface area contributed by atoms with Gasteiger partial charge in [0.2, 0.25) is 10.0 Å². The summed E-state index contributed by atoms with van der Waals surface area (Å²) in [6, 6.07) is 9.44. The highest BCUT2D eigenvalue weighted by molar-refractivity contribution is 9.10. The van der Waals surface area contributed by atoms with Gasteiger partial charge in [-0.3, -0.25) is 9.59 Å². The molecule has 0 radical (unpaired) electrons. The van der Waals surface area contributed by atoms with E-state index in [4.69, 9.17) is 9.88 Å². The number of benzene rings is 2. The van der Waals surface area contributed by atoms with Crippen LogP contribution in [0.5, 0.6) is 0 Å². The first-order valence-corrected chi connectivity index (χ1v) is 11.4. The molecule has 2 aromatic rings. The quantitative estimate of drug-likeness (QED) is 0.458. The summed E-state index contributed by atoms with van der Waals surface area (Å²) in [5.74, 6) is -1.05. The van der Waals surface area contributed by atoms with Gasteiger partial charge >= 0.3 is 5.97 Å². The predicted octanol–water partition coefficient (Wildman–Crippen LogP) is 2.99. The van der Waals surface area contributed by atoms with Crippen molar-refractivity contribution in [2.75, 3.05) is 17.7 Å². The number of hydrogen-bond donors (Lipinski definition) is 2. The maximum absolute atomic E-state index is 11.9. The van der Waals surface area contributed by atoms with Crippen LogP contribution in [0.4, 0.5) is 5.69 Å². The Kier molecular flexibility index (Phi) is 7.64. The lowest BCUT2D eigenvalue weighted by Crippen LogP contribution is -2.22. The van der Waals surface area contributed by atoms with Crippen molar-refractivity contribution in [3.05, 3.63) is 52.0 Å². The minimum Gasteiger partial charge on any atom is -0.455 e. The minimum absolute atomic E-state index is 0.0656. The third-order valence-corrected chi connectivity index (χ3v) is 6.51. The van der Waals surface area contributed by atoms with Crippen LogP contribution in [0, 0.1) is 13.8 Å². The third kappa shape index (κ3) is 6.62. The number of nitrogens with two attached hydrogens (primary N) is 1. The van der Waals surface area contributed by atoms with Crippen LogP contribution in [0.15, 0.2) is 50.7 Å². The van der Waals surface area contributed by atoms with Gasteiger partial charge in [0, 0.05) is 15.1 Å². The number of halogens is 1. The van der Waals surface area contributed by atoms with Crippen LogP contribution in [0.3, 0.4) is 0 Å². The molecule has 2 aromatic carbocycles. The summed E-state index contributed by atoms with van der Waals surface area (Å²) in [6.07, 6.45) is 0. The maximum Gasteiger partial charge on any atom is 0.316 e. The van der Waals surface area contributed by atoms with E-state index in [0.29, 0.717) is 0 Å². The van der Waals surface area contributed by atoms with E-state index in [1.54, 1.807) is 0 Å². The molecule has 0 saturated carbocycles. The summed E-state index contributed by atoms with van der Waals surface area (Å²) < 4.78 is 28.6. The topological polar surface area (TPSA) is 116 Å². The molecule has 3 N–H and O–H groups in total. The number of aryl methyl sites for hydroxylation is 2. The third-order valence-electron chi connectivity index (χ3n) is 3.61. The lowest BCUT2D eigenvalue weighted by molar-refractivity contribution is -0.144. The normalized spacial score (nSPS) is 11.1. The maximum atomic E-state index is 11.9. The molecule has 7 nitrogen and oxygen atoms in total. The van der Waals surface area contributed by atoms with E-state index in [9.17, 15) is 18.0 Å². The molecular weight excluding hydrogens is 468 g/mol. The van der Waals surface area contributed by atoms with E-state index >= 15 is 0 Å². The van der Waals surface area contributed by atoms with E-state index in [1.807, 2.05) is 26.0 Å². The highest BCUT2D eigenvalue weighted by atomic mass is 79.9. The zero-order valence-corrected chi connectivity index (χ0v) is 18.4. The van der Waals surface area contributed by atoms with Gasteiger partial charge in [-0.05, 0) is 55.3 Å². The Labute approximate surface area is 176 Å². The van der Waals surface area contributed by atoms with Crippen LogP contribution in [-0.2, 0) is 24.3 Å². The SMILES string of the molecule is Cc1cc(SCC(=O)OCC(=O)Nc2cccc(S(N)(=O)=O)c2)c(C)cc1Br. The Morgan fingerprint density at radius 1 is 1.18 bits per heavy atom. The number of anilines is 1. The number of amides is 1. The highest BCUT2D eigenvalue weighted by Gasteiger charge is 2.12. The first kappa shape index (κ1) is 22.4. The number of primary sulfonamides is 1. The zero-order valence-electron chi connectivity index (χ0n) is 15.2. The molecule has 0 aliphatic heterocycles. The standard InChI is InChI=1S/C18H19BrN2O5S2/c1-11-7-16(12(2)6-15(11)19)27-10-18(23)26-9-17(22)21-13-4-3-5-14(8-13)28(20,24)25/h3-8H,9-10H2,1-2H3,(H,21,22)(H2,20,24,25). The summed E-state index contributed by atoms with van der Waals surface area (Å²) >= 11 is 4.79. The van der Waals surface area contributed by atoms with Crippen molar-refractivity contribution in [1.82, 2.24) is 0 Å². The number of sulfonamides is 1. The number of thioether (sulfide) groups is 1. The van der Waals surface area contributed by atoms with Gasteiger partial charge in [0.25, 0.3) is 5.91 Å². The number of ether oxygens (including phenoxy) is 1. The predicted molar refractivity (Wildman–Crippen MR) is 112 cm³/mol. The average molecular weight is 487 g/mol. The van der Waals surface area contributed by atoms with Gasteiger partial charge in [-0.15, -0.1) is 11.8 Å². The Hall–Kier alpha value is -1.88. The summed E-state index contributed by atoms with van der Waals surface area (Å²) in [4.78, 5) is 24.6. The molecule has 0 saturated heterocycles. The average Bonchev–Trinajstić information content (AvgIpc) is 2.61. The smallest absolute Gasteiger partial charge is 0.316 e. The van der Waals surface area contributed by atoms with E-state index in [-0.39, 0.29) is 16.3 Å². The fraction of sp³-hybridized carbons (Fsp3) is 0.222. The molecule has 150 valence electrons. The molecule has 2 rings (SSSR count). The Balaban J connectivity index is 1.84. The summed E-state index contributed by atoms with van der Waals surface area (Å²) in [6.45, 7) is 3.43. The minimum atomic E-state index is -3.87. The molecule has 0 aliphatic rings. The number of rotatable bonds is 7. The van der Waals surface area contributed by atoms with Gasteiger partial charge in [0.1, 0.15) is 0 Å². The first-order valence-electron chi connectivity index (χ1n) is 8.04.